The van der Waals surface area contributed by atoms with E-state index >= 15 is 0 Å². The van der Waals surface area contributed by atoms with Crippen molar-refractivity contribution >= 4 is 15.9 Å². The molecule has 2 heteroatoms. The molecule has 1 nitrogen and oxygen atoms in total. The third kappa shape index (κ3) is 2.57. The lowest BCUT2D eigenvalue weighted by Crippen LogP contribution is -2.49. The minimum absolute atomic E-state index is 0.562. The Morgan fingerprint density at radius 3 is 2.75 bits per heavy atom. The van der Waals surface area contributed by atoms with E-state index in [2.05, 4.69) is 52.4 Å². The lowest BCUT2D eigenvalue weighted by atomic mass is 9.55. The topological polar surface area (TPSA) is 12.0 Å². The van der Waals surface area contributed by atoms with Gasteiger partial charge in [-0.25, -0.2) is 0 Å². The standard InChI is InChI=1S/C18H26BrN/c1-2-15-5-3-4-10-18(15)11-12-20-13-17(18)14-6-8-16(19)9-7-14/h6-9,15,17,20H,2-5,10-13H2,1H3. The van der Waals surface area contributed by atoms with Gasteiger partial charge in [0.2, 0.25) is 0 Å². The van der Waals surface area contributed by atoms with Gasteiger partial charge in [-0.2, -0.15) is 0 Å². The smallest absolute Gasteiger partial charge is 0.0175 e. The van der Waals surface area contributed by atoms with Gasteiger partial charge in [-0.1, -0.05) is 54.2 Å². The fourth-order valence-electron chi connectivity index (χ4n) is 4.82. The van der Waals surface area contributed by atoms with Crippen molar-refractivity contribution in [3.05, 3.63) is 34.3 Å². The summed E-state index contributed by atoms with van der Waals surface area (Å²) in [5, 5.41) is 3.65. The number of benzene rings is 1. The van der Waals surface area contributed by atoms with Crippen LogP contribution in [0.25, 0.3) is 0 Å². The highest BCUT2D eigenvalue weighted by Crippen LogP contribution is 2.55. The molecule has 1 saturated carbocycles. The second-order valence-electron chi connectivity index (χ2n) is 6.64. The molecule has 2 aliphatic rings. The van der Waals surface area contributed by atoms with Crippen LogP contribution in [0.1, 0.15) is 56.9 Å². The Morgan fingerprint density at radius 2 is 2.00 bits per heavy atom. The highest BCUT2D eigenvalue weighted by molar-refractivity contribution is 9.10. The molecule has 1 aliphatic heterocycles. The van der Waals surface area contributed by atoms with Crippen molar-refractivity contribution in [2.45, 2.75) is 51.4 Å². The van der Waals surface area contributed by atoms with Crippen LogP contribution in [0.4, 0.5) is 0 Å². The number of halogens is 1. The molecule has 1 aromatic carbocycles. The first-order chi connectivity index (χ1) is 9.76. The number of hydrogen-bond donors (Lipinski definition) is 1. The summed E-state index contributed by atoms with van der Waals surface area (Å²) in [7, 11) is 0. The van der Waals surface area contributed by atoms with Crippen LogP contribution >= 0.6 is 15.9 Å². The van der Waals surface area contributed by atoms with Gasteiger partial charge in [0, 0.05) is 16.9 Å². The van der Waals surface area contributed by atoms with Crippen molar-refractivity contribution in [3.63, 3.8) is 0 Å². The van der Waals surface area contributed by atoms with Crippen molar-refractivity contribution in [1.29, 1.82) is 0 Å². The van der Waals surface area contributed by atoms with Crippen LogP contribution in [0.3, 0.4) is 0 Å². The number of hydrogen-bond acceptors (Lipinski definition) is 1. The van der Waals surface area contributed by atoms with Crippen LogP contribution in [0.2, 0.25) is 0 Å². The largest absolute Gasteiger partial charge is 0.316 e. The maximum absolute atomic E-state index is 3.65. The van der Waals surface area contributed by atoms with Crippen LogP contribution in [0, 0.1) is 11.3 Å². The molecule has 1 N–H and O–H groups in total. The summed E-state index contributed by atoms with van der Waals surface area (Å²) in [6.45, 7) is 4.78. The van der Waals surface area contributed by atoms with Gasteiger partial charge in [0.05, 0.1) is 0 Å². The fourth-order valence-corrected chi connectivity index (χ4v) is 5.09. The molecule has 3 rings (SSSR count). The van der Waals surface area contributed by atoms with Gasteiger partial charge in [-0.15, -0.1) is 0 Å². The van der Waals surface area contributed by atoms with Crippen molar-refractivity contribution in [3.8, 4) is 0 Å². The van der Waals surface area contributed by atoms with Gasteiger partial charge in [-0.3, -0.25) is 0 Å². The van der Waals surface area contributed by atoms with Crippen molar-refractivity contribution < 1.29 is 0 Å². The highest BCUT2D eigenvalue weighted by Gasteiger charge is 2.47. The maximum atomic E-state index is 3.65. The molecule has 3 atom stereocenters. The van der Waals surface area contributed by atoms with Gasteiger partial charge in [-0.05, 0) is 54.8 Å². The average molecular weight is 336 g/mol. The van der Waals surface area contributed by atoms with E-state index in [1.165, 1.54) is 49.5 Å². The minimum atomic E-state index is 0.562. The van der Waals surface area contributed by atoms with Crippen LogP contribution in [0.15, 0.2) is 28.7 Å². The van der Waals surface area contributed by atoms with E-state index in [4.69, 9.17) is 0 Å². The van der Waals surface area contributed by atoms with Crippen LogP contribution in [-0.4, -0.2) is 13.1 Å². The molecule has 0 aromatic heterocycles. The van der Waals surface area contributed by atoms with Crippen molar-refractivity contribution in [2.75, 3.05) is 13.1 Å². The van der Waals surface area contributed by atoms with Gasteiger partial charge in [0.1, 0.15) is 0 Å². The summed E-state index contributed by atoms with van der Waals surface area (Å²) in [4.78, 5) is 0. The zero-order valence-corrected chi connectivity index (χ0v) is 14.1. The Labute approximate surface area is 131 Å². The SMILES string of the molecule is CCC1CCCCC12CCNCC2c1ccc(Br)cc1. The van der Waals surface area contributed by atoms with Gasteiger partial charge in [0.25, 0.3) is 0 Å². The van der Waals surface area contributed by atoms with E-state index in [1.54, 1.807) is 5.56 Å². The van der Waals surface area contributed by atoms with E-state index in [9.17, 15) is 0 Å². The monoisotopic (exact) mass is 335 g/mol. The number of nitrogens with one attached hydrogen (secondary N) is 1. The molecular weight excluding hydrogens is 310 g/mol. The zero-order valence-electron chi connectivity index (χ0n) is 12.5. The highest BCUT2D eigenvalue weighted by atomic mass is 79.9. The van der Waals surface area contributed by atoms with Crippen LogP contribution < -0.4 is 5.32 Å². The van der Waals surface area contributed by atoms with E-state index in [-0.39, 0.29) is 0 Å². The lowest BCUT2D eigenvalue weighted by Gasteiger charge is -2.52. The predicted octanol–water partition coefficient (Wildman–Crippen LogP) is 5.11. The Morgan fingerprint density at radius 1 is 1.20 bits per heavy atom. The predicted molar refractivity (Wildman–Crippen MR) is 89.1 cm³/mol. The third-order valence-corrected chi connectivity index (χ3v) is 6.36. The molecule has 2 fully saturated rings. The summed E-state index contributed by atoms with van der Waals surface area (Å²) in [5.74, 6) is 1.63. The Kier molecular flexibility index (Phi) is 4.52. The molecule has 110 valence electrons. The molecule has 0 bridgehead atoms. The van der Waals surface area contributed by atoms with Crippen LogP contribution in [-0.2, 0) is 0 Å². The molecule has 1 saturated heterocycles. The Balaban J connectivity index is 1.95. The number of piperidine rings is 1. The van der Waals surface area contributed by atoms with Gasteiger partial charge < -0.3 is 5.32 Å². The van der Waals surface area contributed by atoms with Crippen LogP contribution in [0.5, 0.6) is 0 Å². The molecule has 1 spiro atoms. The summed E-state index contributed by atoms with van der Waals surface area (Å²) < 4.78 is 1.19. The van der Waals surface area contributed by atoms with E-state index in [0.29, 0.717) is 11.3 Å². The quantitative estimate of drug-likeness (QED) is 0.791. The van der Waals surface area contributed by atoms with E-state index < -0.39 is 0 Å². The second kappa shape index (κ2) is 6.19. The first-order valence-corrected chi connectivity index (χ1v) is 9.02. The Bertz CT molecular complexity index is 435. The molecule has 20 heavy (non-hydrogen) atoms. The molecular formula is C18H26BrN. The third-order valence-electron chi connectivity index (χ3n) is 5.83. The summed E-state index contributed by atoms with van der Waals surface area (Å²) >= 11 is 3.57. The van der Waals surface area contributed by atoms with E-state index in [1.807, 2.05) is 0 Å². The second-order valence-corrected chi connectivity index (χ2v) is 7.56. The molecule has 1 heterocycles. The summed E-state index contributed by atoms with van der Waals surface area (Å²) in [6.07, 6.45) is 8.49. The van der Waals surface area contributed by atoms with Gasteiger partial charge >= 0.3 is 0 Å². The molecule has 1 aliphatic carbocycles. The molecule has 3 unspecified atom stereocenters. The normalized spacial score (nSPS) is 34.3. The van der Waals surface area contributed by atoms with Crippen molar-refractivity contribution in [1.82, 2.24) is 5.32 Å². The fraction of sp³-hybridized carbons (Fsp3) is 0.667. The molecule has 0 amide bonds. The summed E-state index contributed by atoms with van der Waals surface area (Å²) in [5.41, 5.74) is 2.10. The van der Waals surface area contributed by atoms with Crippen molar-refractivity contribution in [2.24, 2.45) is 11.3 Å². The first-order valence-electron chi connectivity index (χ1n) is 8.22. The average Bonchev–Trinajstić information content (AvgIpc) is 2.49. The summed E-state index contributed by atoms with van der Waals surface area (Å²) in [6, 6.07) is 9.10. The van der Waals surface area contributed by atoms with E-state index in [0.717, 1.165) is 12.5 Å². The first kappa shape index (κ1) is 14.6. The number of rotatable bonds is 2. The maximum Gasteiger partial charge on any atom is 0.0175 e. The van der Waals surface area contributed by atoms with Gasteiger partial charge in [0.15, 0.2) is 0 Å². The molecule has 1 aromatic rings. The lowest BCUT2D eigenvalue weighted by molar-refractivity contribution is 0.0293. The minimum Gasteiger partial charge on any atom is -0.316 e. The zero-order chi connectivity index (χ0) is 14.0. The Hall–Kier alpha value is -0.340. The molecule has 0 radical (unpaired) electrons.